The van der Waals surface area contributed by atoms with Gasteiger partial charge >= 0.3 is 5.97 Å². The topological polar surface area (TPSA) is 77.6 Å². The largest absolute Gasteiger partial charge is 0.488 e. The lowest BCUT2D eigenvalue weighted by Crippen LogP contribution is -2.17. The minimum atomic E-state index is -0.504. The number of rotatable bonds is 9. The molecule has 0 saturated heterocycles. The van der Waals surface area contributed by atoms with Gasteiger partial charge < -0.3 is 19.2 Å². The van der Waals surface area contributed by atoms with Crippen molar-refractivity contribution in [2.75, 3.05) is 13.2 Å². The van der Waals surface area contributed by atoms with E-state index in [-0.39, 0.29) is 24.4 Å². The van der Waals surface area contributed by atoms with Crippen molar-refractivity contribution in [3.63, 3.8) is 0 Å². The number of carbonyl (C=O) groups excluding carboxylic acids is 1. The van der Waals surface area contributed by atoms with Crippen LogP contribution in [0.3, 0.4) is 0 Å². The first-order chi connectivity index (χ1) is 12.9. The lowest BCUT2D eigenvalue weighted by molar-refractivity contribution is -0.147. The lowest BCUT2D eigenvalue weighted by atomic mass is 10.1. The highest BCUT2D eigenvalue weighted by molar-refractivity contribution is 5.71. The van der Waals surface area contributed by atoms with Crippen LogP contribution in [0.2, 0.25) is 0 Å². The summed E-state index contributed by atoms with van der Waals surface area (Å²) in [6.45, 7) is 8.30. The van der Waals surface area contributed by atoms with Gasteiger partial charge in [0.15, 0.2) is 12.4 Å². The molecule has 1 aromatic carbocycles. The Morgan fingerprint density at radius 3 is 2.48 bits per heavy atom. The Labute approximate surface area is 159 Å². The molecule has 6 nitrogen and oxygen atoms in total. The summed E-state index contributed by atoms with van der Waals surface area (Å²) >= 11 is 0. The van der Waals surface area contributed by atoms with Crippen LogP contribution in [0.4, 0.5) is 0 Å². The van der Waals surface area contributed by atoms with Gasteiger partial charge in [-0.05, 0) is 37.3 Å². The number of esters is 1. The SMILES string of the molecule is Cc1cccc(C)c1OCC(=O)OCc1cc(=O)c(OCCC(C)C)c[nH]1. The van der Waals surface area contributed by atoms with Crippen molar-refractivity contribution in [1.82, 2.24) is 4.98 Å². The third-order valence-electron chi connectivity index (χ3n) is 4.02. The molecule has 0 aliphatic heterocycles. The van der Waals surface area contributed by atoms with E-state index in [1.807, 2.05) is 32.0 Å². The average molecular weight is 373 g/mol. The molecule has 1 heterocycles. The van der Waals surface area contributed by atoms with Crippen molar-refractivity contribution in [3.05, 3.63) is 57.5 Å². The standard InChI is InChI=1S/C21H27NO5/c1-14(2)8-9-25-19-11-22-17(10-18(19)23)12-26-20(24)13-27-21-15(3)6-5-7-16(21)4/h5-7,10-11,14H,8-9,12-13H2,1-4H3,(H,22,23). The summed E-state index contributed by atoms with van der Waals surface area (Å²) in [5.74, 6) is 0.957. The molecule has 1 N–H and O–H groups in total. The molecule has 0 aliphatic carbocycles. The van der Waals surface area contributed by atoms with Gasteiger partial charge in [0.25, 0.3) is 0 Å². The van der Waals surface area contributed by atoms with Crippen molar-refractivity contribution in [3.8, 4) is 11.5 Å². The summed E-state index contributed by atoms with van der Waals surface area (Å²) in [6.07, 6.45) is 2.37. The van der Waals surface area contributed by atoms with Crippen LogP contribution in [0.15, 0.2) is 35.3 Å². The molecular weight excluding hydrogens is 346 g/mol. The lowest BCUT2D eigenvalue weighted by Gasteiger charge is -2.12. The number of aryl methyl sites for hydroxylation is 2. The van der Waals surface area contributed by atoms with Gasteiger partial charge in [-0.3, -0.25) is 4.79 Å². The van der Waals surface area contributed by atoms with Crippen molar-refractivity contribution in [2.24, 2.45) is 5.92 Å². The fourth-order valence-corrected chi connectivity index (χ4v) is 2.46. The number of hydrogen-bond donors (Lipinski definition) is 1. The molecule has 0 unspecified atom stereocenters. The van der Waals surface area contributed by atoms with E-state index >= 15 is 0 Å². The number of para-hydroxylation sites is 1. The van der Waals surface area contributed by atoms with E-state index in [2.05, 4.69) is 18.8 Å². The minimum Gasteiger partial charge on any atom is -0.488 e. The third-order valence-corrected chi connectivity index (χ3v) is 4.02. The Morgan fingerprint density at radius 1 is 1.15 bits per heavy atom. The molecule has 0 atom stereocenters. The Hall–Kier alpha value is -2.76. The first-order valence-electron chi connectivity index (χ1n) is 9.06. The molecule has 0 saturated carbocycles. The normalized spacial score (nSPS) is 10.7. The molecular formula is C21H27NO5. The van der Waals surface area contributed by atoms with Crippen LogP contribution in [-0.2, 0) is 16.1 Å². The number of nitrogens with one attached hydrogen (secondary N) is 1. The van der Waals surface area contributed by atoms with Gasteiger partial charge in [0.1, 0.15) is 12.4 Å². The van der Waals surface area contributed by atoms with Crippen LogP contribution in [0, 0.1) is 19.8 Å². The van der Waals surface area contributed by atoms with Gasteiger partial charge in [-0.25, -0.2) is 4.79 Å². The molecule has 0 radical (unpaired) electrons. The van der Waals surface area contributed by atoms with Crippen LogP contribution in [0.25, 0.3) is 0 Å². The van der Waals surface area contributed by atoms with Crippen LogP contribution in [0.5, 0.6) is 11.5 Å². The predicted octanol–water partition coefficient (Wildman–Crippen LogP) is 3.54. The molecule has 1 aromatic heterocycles. The van der Waals surface area contributed by atoms with Gasteiger partial charge in [0.2, 0.25) is 5.43 Å². The van der Waals surface area contributed by atoms with Crippen molar-refractivity contribution in [2.45, 2.75) is 40.7 Å². The van der Waals surface area contributed by atoms with E-state index in [0.29, 0.717) is 24.0 Å². The average Bonchev–Trinajstić information content (AvgIpc) is 2.61. The first-order valence-corrected chi connectivity index (χ1v) is 9.06. The Kier molecular flexibility index (Phi) is 7.46. The Morgan fingerprint density at radius 2 is 1.85 bits per heavy atom. The fourth-order valence-electron chi connectivity index (χ4n) is 2.46. The molecule has 6 heteroatoms. The number of pyridine rings is 1. The highest BCUT2D eigenvalue weighted by Gasteiger charge is 2.10. The summed E-state index contributed by atoms with van der Waals surface area (Å²) < 4.78 is 16.2. The number of aromatic nitrogens is 1. The van der Waals surface area contributed by atoms with E-state index in [1.165, 1.54) is 12.3 Å². The zero-order valence-corrected chi connectivity index (χ0v) is 16.3. The number of hydrogen-bond acceptors (Lipinski definition) is 5. The molecule has 0 spiro atoms. The second-order valence-electron chi connectivity index (χ2n) is 6.89. The quantitative estimate of drug-likeness (QED) is 0.680. The molecule has 0 fully saturated rings. The molecule has 2 aromatic rings. The Balaban J connectivity index is 1.82. The minimum absolute atomic E-state index is 0.0313. The van der Waals surface area contributed by atoms with Crippen molar-refractivity contribution < 1.29 is 19.0 Å². The van der Waals surface area contributed by atoms with Crippen LogP contribution in [-0.4, -0.2) is 24.2 Å². The van der Waals surface area contributed by atoms with Crippen LogP contribution < -0.4 is 14.9 Å². The molecule has 2 rings (SSSR count). The number of aromatic amines is 1. The summed E-state index contributed by atoms with van der Waals surface area (Å²) in [4.78, 5) is 26.9. The number of carbonyl (C=O) groups is 1. The summed E-state index contributed by atoms with van der Waals surface area (Å²) in [5.41, 5.74) is 2.17. The van der Waals surface area contributed by atoms with E-state index in [0.717, 1.165) is 17.5 Å². The highest BCUT2D eigenvalue weighted by atomic mass is 16.6. The second kappa shape index (κ2) is 9.80. The number of H-pyrrole nitrogens is 1. The van der Waals surface area contributed by atoms with Gasteiger partial charge in [0, 0.05) is 12.3 Å². The Bertz CT molecular complexity index is 805. The number of benzene rings is 1. The van der Waals surface area contributed by atoms with E-state index in [9.17, 15) is 9.59 Å². The van der Waals surface area contributed by atoms with Crippen molar-refractivity contribution >= 4 is 5.97 Å². The first kappa shape index (κ1) is 20.6. The highest BCUT2D eigenvalue weighted by Crippen LogP contribution is 2.22. The van der Waals surface area contributed by atoms with Gasteiger partial charge in [-0.2, -0.15) is 0 Å². The summed E-state index contributed by atoms with van der Waals surface area (Å²) in [7, 11) is 0. The predicted molar refractivity (Wildman–Crippen MR) is 103 cm³/mol. The maximum atomic E-state index is 12.0. The molecule has 27 heavy (non-hydrogen) atoms. The summed E-state index contributed by atoms with van der Waals surface area (Å²) in [5, 5.41) is 0. The molecule has 0 aliphatic rings. The van der Waals surface area contributed by atoms with E-state index in [1.54, 1.807) is 0 Å². The van der Waals surface area contributed by atoms with E-state index < -0.39 is 5.97 Å². The zero-order valence-electron chi connectivity index (χ0n) is 16.3. The van der Waals surface area contributed by atoms with E-state index in [4.69, 9.17) is 14.2 Å². The zero-order chi connectivity index (χ0) is 19.8. The monoisotopic (exact) mass is 373 g/mol. The maximum Gasteiger partial charge on any atom is 0.344 e. The van der Waals surface area contributed by atoms with Crippen molar-refractivity contribution in [1.29, 1.82) is 0 Å². The van der Waals surface area contributed by atoms with Crippen LogP contribution in [0.1, 0.15) is 37.1 Å². The summed E-state index contributed by atoms with van der Waals surface area (Å²) in [6, 6.07) is 7.15. The molecule has 0 bridgehead atoms. The maximum absolute atomic E-state index is 12.0. The molecule has 146 valence electrons. The van der Waals surface area contributed by atoms with Gasteiger partial charge in [-0.15, -0.1) is 0 Å². The smallest absolute Gasteiger partial charge is 0.344 e. The second-order valence-corrected chi connectivity index (χ2v) is 6.89. The fraction of sp³-hybridized carbons (Fsp3) is 0.429. The van der Waals surface area contributed by atoms with Gasteiger partial charge in [0.05, 0.1) is 12.3 Å². The van der Waals surface area contributed by atoms with Gasteiger partial charge in [-0.1, -0.05) is 32.0 Å². The third kappa shape index (κ3) is 6.47. The van der Waals surface area contributed by atoms with Crippen LogP contribution >= 0.6 is 0 Å². The molecule has 0 amide bonds. The number of ether oxygens (including phenoxy) is 3.